The maximum absolute atomic E-state index is 11.8. The zero-order valence-corrected chi connectivity index (χ0v) is 10.8. The fourth-order valence-electron chi connectivity index (χ4n) is 2.95. The van der Waals surface area contributed by atoms with Crippen LogP contribution in [0, 0.1) is 10.8 Å². The Bertz CT molecular complexity index is 298. The average molecular weight is 209 g/mol. The molecule has 0 unspecified atom stereocenters. The summed E-state index contributed by atoms with van der Waals surface area (Å²) in [7, 11) is 4.03. The van der Waals surface area contributed by atoms with Gasteiger partial charge in [0.05, 0.1) is 0 Å². The van der Waals surface area contributed by atoms with Gasteiger partial charge in [-0.3, -0.25) is 4.79 Å². The Morgan fingerprint density at radius 3 is 2.20 bits per heavy atom. The predicted octanol–water partition coefficient (Wildman–Crippen LogP) is 2.85. The lowest BCUT2D eigenvalue weighted by Gasteiger charge is -2.36. The number of carbonyl (C=O) groups is 1. The van der Waals surface area contributed by atoms with E-state index in [1.54, 1.807) is 0 Å². The summed E-state index contributed by atoms with van der Waals surface area (Å²) >= 11 is 0. The molecule has 0 aliphatic heterocycles. The minimum Gasteiger partial charge on any atom is -0.380 e. The van der Waals surface area contributed by atoms with Crippen LogP contribution in [-0.4, -0.2) is 24.8 Å². The van der Waals surface area contributed by atoms with Crippen molar-refractivity contribution in [3.05, 3.63) is 11.8 Å². The van der Waals surface area contributed by atoms with Crippen molar-refractivity contribution in [3.8, 4) is 0 Å². The first-order valence-electron chi connectivity index (χ1n) is 5.56. The van der Waals surface area contributed by atoms with E-state index in [0.717, 1.165) is 12.1 Å². The summed E-state index contributed by atoms with van der Waals surface area (Å²) in [5, 5.41) is 0. The lowest BCUT2D eigenvalue weighted by atomic mass is 9.73. The van der Waals surface area contributed by atoms with Gasteiger partial charge >= 0.3 is 0 Å². The van der Waals surface area contributed by atoms with Crippen LogP contribution in [0.5, 0.6) is 0 Å². The molecule has 0 fully saturated rings. The van der Waals surface area contributed by atoms with Crippen LogP contribution in [0.15, 0.2) is 11.8 Å². The molecule has 0 aromatic heterocycles. The molecule has 0 atom stereocenters. The fraction of sp³-hybridized carbons (Fsp3) is 0.769. The summed E-state index contributed by atoms with van der Waals surface area (Å²) < 4.78 is 0. The van der Waals surface area contributed by atoms with E-state index >= 15 is 0 Å². The van der Waals surface area contributed by atoms with Crippen molar-refractivity contribution in [1.82, 2.24) is 4.90 Å². The monoisotopic (exact) mass is 209 g/mol. The van der Waals surface area contributed by atoms with Crippen molar-refractivity contribution in [3.63, 3.8) is 0 Å². The number of nitrogens with zero attached hydrogens (tertiary/aromatic N) is 1. The second-order valence-electron chi connectivity index (χ2n) is 6.29. The van der Waals surface area contributed by atoms with Crippen LogP contribution in [-0.2, 0) is 4.79 Å². The molecule has 0 aromatic carbocycles. The molecule has 0 spiro atoms. The number of allylic oxidation sites excluding steroid dienone is 2. The van der Waals surface area contributed by atoms with Gasteiger partial charge < -0.3 is 4.90 Å². The maximum Gasteiger partial charge on any atom is 0.157 e. The molecular weight excluding hydrogens is 186 g/mol. The van der Waals surface area contributed by atoms with Crippen molar-refractivity contribution >= 4 is 5.78 Å². The molecule has 0 amide bonds. The van der Waals surface area contributed by atoms with Crippen molar-refractivity contribution < 1.29 is 4.79 Å². The van der Waals surface area contributed by atoms with Crippen LogP contribution in [0.3, 0.4) is 0 Å². The first-order chi connectivity index (χ1) is 6.64. The van der Waals surface area contributed by atoms with Crippen LogP contribution < -0.4 is 0 Å². The van der Waals surface area contributed by atoms with Crippen LogP contribution in [0.2, 0.25) is 0 Å². The Kier molecular flexibility index (Phi) is 2.99. The highest BCUT2D eigenvalue weighted by Crippen LogP contribution is 2.44. The molecule has 15 heavy (non-hydrogen) atoms. The van der Waals surface area contributed by atoms with E-state index in [-0.39, 0.29) is 16.6 Å². The van der Waals surface area contributed by atoms with Crippen LogP contribution in [0.25, 0.3) is 0 Å². The third-order valence-electron chi connectivity index (χ3n) is 3.05. The molecule has 86 valence electrons. The Hall–Kier alpha value is -0.790. The molecule has 0 saturated heterocycles. The molecule has 0 N–H and O–H groups in total. The van der Waals surface area contributed by atoms with E-state index in [1.807, 2.05) is 20.2 Å². The highest BCUT2D eigenvalue weighted by Gasteiger charge is 2.36. The Balaban J connectivity index is 3.12. The molecule has 1 aliphatic carbocycles. The summed E-state index contributed by atoms with van der Waals surface area (Å²) in [6, 6.07) is 0. The number of rotatable bonds is 1. The predicted molar refractivity (Wildman–Crippen MR) is 63.6 cm³/mol. The SMILES string of the molecule is CN(C)C1=CC(=O)CC(C)(C)CC1(C)C. The average Bonchev–Trinajstić information content (AvgIpc) is 2.02. The molecule has 0 aromatic rings. The van der Waals surface area contributed by atoms with Gasteiger partial charge in [-0.25, -0.2) is 0 Å². The summed E-state index contributed by atoms with van der Waals surface area (Å²) in [4.78, 5) is 13.9. The number of hydrogen-bond donors (Lipinski definition) is 0. The van der Waals surface area contributed by atoms with E-state index in [9.17, 15) is 4.79 Å². The zero-order valence-electron chi connectivity index (χ0n) is 10.8. The van der Waals surface area contributed by atoms with E-state index in [1.165, 1.54) is 0 Å². The summed E-state index contributed by atoms with van der Waals surface area (Å²) in [6.45, 7) is 8.80. The summed E-state index contributed by atoms with van der Waals surface area (Å²) in [5.41, 5.74) is 1.34. The molecule has 0 saturated carbocycles. The first kappa shape index (κ1) is 12.3. The zero-order chi connectivity index (χ0) is 11.9. The standard InChI is InChI=1S/C13H23NO/c1-12(2)8-10(15)7-11(14(5)6)13(3,4)9-12/h7H,8-9H2,1-6H3. The van der Waals surface area contributed by atoms with Crippen molar-refractivity contribution in [2.24, 2.45) is 10.8 Å². The smallest absolute Gasteiger partial charge is 0.157 e. The Morgan fingerprint density at radius 1 is 1.20 bits per heavy atom. The van der Waals surface area contributed by atoms with Gasteiger partial charge in [0.1, 0.15) is 0 Å². The minimum atomic E-state index is 0.0825. The summed E-state index contributed by atoms with van der Waals surface area (Å²) in [6.07, 6.45) is 3.54. The second kappa shape index (κ2) is 3.66. The van der Waals surface area contributed by atoms with Crippen LogP contribution >= 0.6 is 0 Å². The molecule has 2 heteroatoms. The third-order valence-corrected chi connectivity index (χ3v) is 3.05. The van der Waals surface area contributed by atoms with Gasteiger partial charge in [0, 0.05) is 37.7 Å². The van der Waals surface area contributed by atoms with E-state index in [0.29, 0.717) is 6.42 Å². The van der Waals surface area contributed by atoms with E-state index in [4.69, 9.17) is 0 Å². The van der Waals surface area contributed by atoms with Gasteiger partial charge in [-0.05, 0) is 11.8 Å². The molecule has 1 rings (SSSR count). The van der Waals surface area contributed by atoms with Crippen molar-refractivity contribution in [2.75, 3.05) is 14.1 Å². The normalized spacial score (nSPS) is 24.4. The molecule has 0 heterocycles. The first-order valence-corrected chi connectivity index (χ1v) is 5.56. The number of ketones is 1. The van der Waals surface area contributed by atoms with Gasteiger partial charge in [-0.15, -0.1) is 0 Å². The largest absolute Gasteiger partial charge is 0.380 e. The number of carbonyl (C=O) groups excluding carboxylic acids is 1. The molecular formula is C13H23NO. The van der Waals surface area contributed by atoms with Crippen LogP contribution in [0.1, 0.15) is 40.5 Å². The second-order valence-corrected chi connectivity index (χ2v) is 6.29. The van der Waals surface area contributed by atoms with Crippen molar-refractivity contribution in [1.29, 1.82) is 0 Å². The lowest BCUT2D eigenvalue weighted by Crippen LogP contribution is -2.29. The summed E-state index contributed by atoms with van der Waals surface area (Å²) in [5.74, 6) is 0.259. The van der Waals surface area contributed by atoms with Gasteiger partial charge in [-0.1, -0.05) is 27.7 Å². The van der Waals surface area contributed by atoms with E-state index < -0.39 is 0 Å². The fourth-order valence-corrected chi connectivity index (χ4v) is 2.95. The Morgan fingerprint density at radius 2 is 1.73 bits per heavy atom. The quantitative estimate of drug-likeness (QED) is 0.662. The third kappa shape index (κ3) is 2.83. The van der Waals surface area contributed by atoms with Gasteiger partial charge in [0.2, 0.25) is 0 Å². The minimum absolute atomic E-state index is 0.0825. The number of hydrogen-bond acceptors (Lipinski definition) is 2. The van der Waals surface area contributed by atoms with Crippen molar-refractivity contribution in [2.45, 2.75) is 40.5 Å². The molecule has 2 nitrogen and oxygen atoms in total. The van der Waals surface area contributed by atoms with Crippen LogP contribution in [0.4, 0.5) is 0 Å². The van der Waals surface area contributed by atoms with Gasteiger partial charge in [0.25, 0.3) is 0 Å². The maximum atomic E-state index is 11.8. The lowest BCUT2D eigenvalue weighted by molar-refractivity contribution is -0.116. The molecule has 0 bridgehead atoms. The van der Waals surface area contributed by atoms with Gasteiger partial charge in [0.15, 0.2) is 5.78 Å². The highest BCUT2D eigenvalue weighted by atomic mass is 16.1. The molecule has 0 radical (unpaired) electrons. The highest BCUT2D eigenvalue weighted by molar-refractivity contribution is 5.91. The Labute approximate surface area is 93.3 Å². The van der Waals surface area contributed by atoms with E-state index in [2.05, 4.69) is 32.6 Å². The van der Waals surface area contributed by atoms with Gasteiger partial charge in [-0.2, -0.15) is 0 Å². The molecule has 1 aliphatic rings. The topological polar surface area (TPSA) is 20.3 Å².